The van der Waals surface area contributed by atoms with Crippen LogP contribution in [0.1, 0.15) is 46.0 Å². The molecule has 1 atom stereocenters. The highest BCUT2D eigenvalue weighted by Gasteiger charge is 2.13. The molecule has 0 saturated carbocycles. The SMILES string of the molecule is Cc1cc(O)c(C=O)c(C)c1CCC(C)/C=C\c1cc(O)ccc1O. The van der Waals surface area contributed by atoms with E-state index in [1.807, 2.05) is 19.9 Å². The van der Waals surface area contributed by atoms with Crippen LogP contribution in [0.25, 0.3) is 6.08 Å². The fourth-order valence-corrected chi connectivity index (χ4v) is 2.97. The molecule has 0 fully saturated rings. The van der Waals surface area contributed by atoms with Crippen LogP contribution < -0.4 is 0 Å². The number of phenolic OH excluding ortho intramolecular Hbond substituents is 3. The number of hydrogen-bond donors (Lipinski definition) is 3. The summed E-state index contributed by atoms with van der Waals surface area (Å²) in [6, 6.07) is 6.06. The van der Waals surface area contributed by atoms with Crippen LogP contribution in [0.2, 0.25) is 0 Å². The van der Waals surface area contributed by atoms with E-state index in [9.17, 15) is 20.1 Å². The molecule has 0 amide bonds. The van der Waals surface area contributed by atoms with E-state index in [0.29, 0.717) is 17.4 Å². The maximum absolute atomic E-state index is 11.2. The molecular weight excluding hydrogens is 316 g/mol. The lowest BCUT2D eigenvalue weighted by molar-refractivity contribution is 0.112. The maximum Gasteiger partial charge on any atom is 0.154 e. The zero-order valence-corrected chi connectivity index (χ0v) is 14.8. The predicted octanol–water partition coefficient (Wildman–Crippen LogP) is 4.51. The van der Waals surface area contributed by atoms with Gasteiger partial charge in [0, 0.05) is 5.56 Å². The van der Waals surface area contributed by atoms with E-state index in [1.54, 1.807) is 12.1 Å². The Balaban J connectivity index is 2.10. The molecule has 0 saturated heterocycles. The van der Waals surface area contributed by atoms with Crippen molar-refractivity contribution in [2.75, 3.05) is 0 Å². The van der Waals surface area contributed by atoms with Crippen molar-refractivity contribution in [1.82, 2.24) is 0 Å². The second-order valence-corrected chi connectivity index (χ2v) is 6.47. The molecule has 0 spiro atoms. The molecule has 0 aliphatic heterocycles. The minimum atomic E-state index is 0.0288. The molecule has 3 N–H and O–H groups in total. The number of carbonyl (C=O) groups is 1. The summed E-state index contributed by atoms with van der Waals surface area (Å²) in [5, 5.41) is 29.1. The van der Waals surface area contributed by atoms with Crippen molar-refractivity contribution in [2.45, 2.75) is 33.6 Å². The van der Waals surface area contributed by atoms with Gasteiger partial charge in [0.05, 0.1) is 5.56 Å². The van der Waals surface area contributed by atoms with Gasteiger partial charge in [0.2, 0.25) is 0 Å². The van der Waals surface area contributed by atoms with Crippen molar-refractivity contribution >= 4 is 12.4 Å². The Morgan fingerprint density at radius 1 is 1.08 bits per heavy atom. The topological polar surface area (TPSA) is 77.8 Å². The van der Waals surface area contributed by atoms with E-state index < -0.39 is 0 Å². The Bertz CT molecular complexity index is 806. The van der Waals surface area contributed by atoms with Gasteiger partial charge in [0.25, 0.3) is 0 Å². The number of aromatic hydroxyl groups is 3. The van der Waals surface area contributed by atoms with E-state index in [2.05, 4.69) is 6.92 Å². The molecule has 2 rings (SSSR count). The maximum atomic E-state index is 11.2. The summed E-state index contributed by atoms with van der Waals surface area (Å²) in [6.07, 6.45) is 6.13. The molecule has 1 unspecified atom stereocenters. The van der Waals surface area contributed by atoms with E-state index in [4.69, 9.17) is 0 Å². The van der Waals surface area contributed by atoms with E-state index in [0.717, 1.165) is 29.5 Å². The van der Waals surface area contributed by atoms with Gasteiger partial charge in [-0.3, -0.25) is 4.79 Å². The van der Waals surface area contributed by atoms with E-state index >= 15 is 0 Å². The van der Waals surface area contributed by atoms with Gasteiger partial charge in [0.15, 0.2) is 6.29 Å². The van der Waals surface area contributed by atoms with Crippen molar-refractivity contribution in [3.63, 3.8) is 0 Å². The summed E-state index contributed by atoms with van der Waals surface area (Å²) >= 11 is 0. The van der Waals surface area contributed by atoms with Gasteiger partial charge in [-0.25, -0.2) is 0 Å². The highest BCUT2D eigenvalue weighted by atomic mass is 16.3. The van der Waals surface area contributed by atoms with Gasteiger partial charge in [-0.15, -0.1) is 0 Å². The first kappa shape index (κ1) is 18.6. The van der Waals surface area contributed by atoms with Gasteiger partial charge >= 0.3 is 0 Å². The van der Waals surface area contributed by atoms with Crippen molar-refractivity contribution in [3.05, 3.63) is 58.2 Å². The van der Waals surface area contributed by atoms with Gasteiger partial charge < -0.3 is 15.3 Å². The summed E-state index contributed by atoms with van der Waals surface area (Å²) in [6.45, 7) is 5.86. The lowest BCUT2D eigenvalue weighted by Crippen LogP contribution is -2.02. The minimum Gasteiger partial charge on any atom is -0.508 e. The average Bonchev–Trinajstić information content (AvgIpc) is 2.55. The summed E-state index contributed by atoms with van der Waals surface area (Å²) in [5.74, 6) is 0.513. The lowest BCUT2D eigenvalue weighted by Gasteiger charge is -2.15. The average molecular weight is 340 g/mol. The number of allylic oxidation sites excluding steroid dienone is 1. The molecular formula is C21H24O4. The van der Waals surface area contributed by atoms with Crippen LogP contribution in [0.15, 0.2) is 30.3 Å². The standard InChI is InChI=1S/C21H24O4/c1-13(4-6-16-11-17(23)7-9-20(16)24)5-8-18-14(2)10-21(25)19(12-22)15(18)3/h4,6-7,9-13,23-25H,5,8H2,1-3H3/b6-4-. The molecule has 0 aliphatic rings. The molecule has 2 aromatic carbocycles. The number of aryl methyl sites for hydroxylation is 1. The largest absolute Gasteiger partial charge is 0.508 e. The monoisotopic (exact) mass is 340 g/mol. The Kier molecular flexibility index (Phi) is 5.86. The zero-order valence-electron chi connectivity index (χ0n) is 14.8. The van der Waals surface area contributed by atoms with E-state index in [-0.39, 0.29) is 23.2 Å². The summed E-state index contributed by atoms with van der Waals surface area (Å²) < 4.78 is 0. The second kappa shape index (κ2) is 7.88. The summed E-state index contributed by atoms with van der Waals surface area (Å²) in [4.78, 5) is 11.2. The van der Waals surface area contributed by atoms with Crippen LogP contribution >= 0.6 is 0 Å². The number of benzene rings is 2. The van der Waals surface area contributed by atoms with Crippen molar-refractivity contribution in [2.24, 2.45) is 5.92 Å². The molecule has 132 valence electrons. The Hall–Kier alpha value is -2.75. The quantitative estimate of drug-likeness (QED) is 0.534. The van der Waals surface area contributed by atoms with Gasteiger partial charge in [-0.05, 0) is 73.6 Å². The van der Waals surface area contributed by atoms with Crippen LogP contribution in [0, 0.1) is 19.8 Å². The number of rotatable bonds is 6. The Labute approximate surface area is 148 Å². The smallest absolute Gasteiger partial charge is 0.154 e. The van der Waals surface area contributed by atoms with Crippen LogP contribution in [0.3, 0.4) is 0 Å². The molecule has 0 aliphatic carbocycles. The number of hydrogen-bond acceptors (Lipinski definition) is 4. The van der Waals surface area contributed by atoms with Crippen molar-refractivity contribution in [1.29, 1.82) is 0 Å². The number of carbonyl (C=O) groups excluding carboxylic acids is 1. The Morgan fingerprint density at radius 3 is 2.48 bits per heavy atom. The minimum absolute atomic E-state index is 0.0288. The molecule has 0 aromatic heterocycles. The Morgan fingerprint density at radius 2 is 1.80 bits per heavy atom. The molecule has 4 heteroatoms. The number of phenols is 3. The van der Waals surface area contributed by atoms with Gasteiger partial charge in [-0.1, -0.05) is 19.1 Å². The third-order valence-corrected chi connectivity index (χ3v) is 4.54. The predicted molar refractivity (Wildman–Crippen MR) is 99.3 cm³/mol. The number of aldehydes is 1. The fraction of sp³-hybridized carbons (Fsp3) is 0.286. The molecule has 4 nitrogen and oxygen atoms in total. The van der Waals surface area contributed by atoms with Gasteiger partial charge in [-0.2, -0.15) is 0 Å². The summed E-state index contributed by atoms with van der Waals surface area (Å²) in [7, 11) is 0. The fourth-order valence-electron chi connectivity index (χ4n) is 2.97. The third-order valence-electron chi connectivity index (χ3n) is 4.54. The molecule has 0 heterocycles. The van der Waals surface area contributed by atoms with Gasteiger partial charge in [0.1, 0.15) is 17.2 Å². The highest BCUT2D eigenvalue weighted by molar-refractivity contribution is 5.82. The zero-order chi connectivity index (χ0) is 18.6. The van der Waals surface area contributed by atoms with Crippen LogP contribution in [-0.4, -0.2) is 21.6 Å². The molecule has 0 radical (unpaired) electrons. The van der Waals surface area contributed by atoms with E-state index in [1.165, 1.54) is 18.2 Å². The lowest BCUT2D eigenvalue weighted by atomic mass is 9.91. The van der Waals surface area contributed by atoms with Crippen LogP contribution in [0.5, 0.6) is 17.2 Å². The first-order valence-corrected chi connectivity index (χ1v) is 8.31. The summed E-state index contributed by atoms with van der Waals surface area (Å²) in [5.41, 5.74) is 3.82. The van der Waals surface area contributed by atoms with Crippen molar-refractivity contribution in [3.8, 4) is 17.2 Å². The molecule has 25 heavy (non-hydrogen) atoms. The first-order valence-electron chi connectivity index (χ1n) is 8.31. The highest BCUT2D eigenvalue weighted by Crippen LogP contribution is 2.28. The second-order valence-electron chi connectivity index (χ2n) is 6.47. The van der Waals surface area contributed by atoms with Crippen LogP contribution in [0.4, 0.5) is 0 Å². The first-order chi connectivity index (χ1) is 11.8. The van der Waals surface area contributed by atoms with Crippen molar-refractivity contribution < 1.29 is 20.1 Å². The van der Waals surface area contributed by atoms with Crippen LogP contribution in [-0.2, 0) is 6.42 Å². The third kappa shape index (κ3) is 4.41. The normalized spacial score (nSPS) is 12.4. The molecule has 0 bridgehead atoms. The molecule has 2 aromatic rings.